The molecule has 8 heteroatoms. The van der Waals surface area contributed by atoms with Gasteiger partial charge in [-0.15, -0.1) is 0 Å². The Morgan fingerprint density at radius 2 is 1.03 bits per heavy atom. The SMILES string of the molecule is COC(=O)c1ccc(NC(=O)C2(C(=O)Nc3ccc(C(=O)OC)cc3)CC2)cc1. The minimum Gasteiger partial charge on any atom is -0.465 e. The quantitative estimate of drug-likeness (QED) is 0.574. The zero-order valence-corrected chi connectivity index (χ0v) is 16.0. The molecule has 8 nitrogen and oxygen atoms in total. The molecule has 1 fully saturated rings. The van der Waals surface area contributed by atoms with Crippen LogP contribution in [-0.2, 0) is 19.1 Å². The predicted molar refractivity (Wildman–Crippen MR) is 104 cm³/mol. The Balaban J connectivity index is 1.64. The van der Waals surface area contributed by atoms with E-state index in [1.54, 1.807) is 24.3 Å². The van der Waals surface area contributed by atoms with Crippen molar-refractivity contribution in [3.8, 4) is 0 Å². The van der Waals surface area contributed by atoms with Crippen LogP contribution in [0.25, 0.3) is 0 Å². The van der Waals surface area contributed by atoms with E-state index < -0.39 is 29.2 Å². The number of nitrogens with one attached hydrogen (secondary N) is 2. The van der Waals surface area contributed by atoms with Gasteiger partial charge < -0.3 is 20.1 Å². The number of hydrogen-bond acceptors (Lipinski definition) is 6. The number of carbonyl (C=O) groups is 4. The Morgan fingerprint density at radius 3 is 1.31 bits per heavy atom. The smallest absolute Gasteiger partial charge is 0.337 e. The molecular weight excluding hydrogens is 376 g/mol. The fourth-order valence-corrected chi connectivity index (χ4v) is 2.80. The molecule has 2 N–H and O–H groups in total. The molecule has 0 heterocycles. The van der Waals surface area contributed by atoms with Crippen LogP contribution < -0.4 is 10.6 Å². The third kappa shape index (κ3) is 4.26. The highest BCUT2D eigenvalue weighted by Crippen LogP contribution is 2.47. The van der Waals surface area contributed by atoms with Crippen LogP contribution in [0.5, 0.6) is 0 Å². The lowest BCUT2D eigenvalue weighted by Gasteiger charge is -2.16. The first-order valence-electron chi connectivity index (χ1n) is 8.89. The van der Waals surface area contributed by atoms with Crippen molar-refractivity contribution in [2.24, 2.45) is 5.41 Å². The molecule has 1 saturated carbocycles. The molecule has 0 radical (unpaired) electrons. The molecule has 1 aliphatic rings. The maximum atomic E-state index is 12.7. The highest BCUT2D eigenvalue weighted by molar-refractivity contribution is 6.17. The number of carbonyl (C=O) groups excluding carboxylic acids is 4. The van der Waals surface area contributed by atoms with Gasteiger partial charge in [-0.05, 0) is 61.4 Å². The molecule has 0 atom stereocenters. The number of esters is 2. The van der Waals surface area contributed by atoms with Crippen LogP contribution >= 0.6 is 0 Å². The summed E-state index contributed by atoms with van der Waals surface area (Å²) in [7, 11) is 2.58. The maximum Gasteiger partial charge on any atom is 0.337 e. The molecular formula is C21H20N2O6. The van der Waals surface area contributed by atoms with Crippen LogP contribution in [0.1, 0.15) is 33.6 Å². The van der Waals surface area contributed by atoms with E-state index in [1.807, 2.05) is 0 Å². The summed E-state index contributed by atoms with van der Waals surface area (Å²) >= 11 is 0. The topological polar surface area (TPSA) is 111 Å². The van der Waals surface area contributed by atoms with Gasteiger partial charge in [0.25, 0.3) is 0 Å². The summed E-state index contributed by atoms with van der Waals surface area (Å²) in [6.07, 6.45) is 0.871. The summed E-state index contributed by atoms with van der Waals surface area (Å²) in [5, 5.41) is 5.43. The highest BCUT2D eigenvalue weighted by atomic mass is 16.5. The molecule has 29 heavy (non-hydrogen) atoms. The third-order valence-corrected chi connectivity index (χ3v) is 4.75. The second-order valence-corrected chi connectivity index (χ2v) is 6.63. The van der Waals surface area contributed by atoms with Gasteiger partial charge >= 0.3 is 11.9 Å². The van der Waals surface area contributed by atoms with Crippen molar-refractivity contribution in [3.05, 3.63) is 59.7 Å². The molecule has 2 aromatic rings. The van der Waals surface area contributed by atoms with Gasteiger partial charge in [-0.2, -0.15) is 0 Å². The van der Waals surface area contributed by atoms with E-state index >= 15 is 0 Å². The number of ether oxygens (including phenoxy) is 2. The second kappa shape index (κ2) is 8.14. The van der Waals surface area contributed by atoms with Crippen LogP contribution in [0, 0.1) is 5.41 Å². The van der Waals surface area contributed by atoms with Gasteiger partial charge in [-0.3, -0.25) is 9.59 Å². The average molecular weight is 396 g/mol. The number of hydrogen-bond donors (Lipinski definition) is 2. The minimum atomic E-state index is -1.14. The van der Waals surface area contributed by atoms with Crippen molar-refractivity contribution in [2.45, 2.75) is 12.8 Å². The molecule has 0 unspecified atom stereocenters. The molecule has 150 valence electrons. The largest absolute Gasteiger partial charge is 0.465 e. The number of anilines is 2. The van der Waals surface area contributed by atoms with Crippen molar-refractivity contribution in [3.63, 3.8) is 0 Å². The van der Waals surface area contributed by atoms with Crippen molar-refractivity contribution in [1.29, 1.82) is 0 Å². The average Bonchev–Trinajstić information content (AvgIpc) is 3.56. The Labute approximate surface area is 167 Å². The molecule has 2 amide bonds. The van der Waals surface area contributed by atoms with E-state index in [-0.39, 0.29) is 0 Å². The lowest BCUT2D eigenvalue weighted by molar-refractivity contribution is -0.131. The monoisotopic (exact) mass is 396 g/mol. The summed E-state index contributed by atoms with van der Waals surface area (Å²) < 4.78 is 9.26. The summed E-state index contributed by atoms with van der Waals surface area (Å²) in [4.78, 5) is 48.3. The van der Waals surface area contributed by atoms with Crippen LogP contribution in [0.2, 0.25) is 0 Å². The van der Waals surface area contributed by atoms with Crippen molar-refractivity contribution < 1.29 is 28.7 Å². The van der Waals surface area contributed by atoms with E-state index in [0.29, 0.717) is 35.3 Å². The normalized spacial score (nSPS) is 13.7. The van der Waals surface area contributed by atoms with Gasteiger partial charge in [0.1, 0.15) is 5.41 Å². The molecule has 1 aliphatic carbocycles. The van der Waals surface area contributed by atoms with E-state index in [1.165, 1.54) is 38.5 Å². The first-order chi connectivity index (χ1) is 13.9. The van der Waals surface area contributed by atoms with E-state index in [9.17, 15) is 19.2 Å². The van der Waals surface area contributed by atoms with Gasteiger partial charge in [-0.1, -0.05) is 0 Å². The molecule has 3 rings (SSSR count). The Hall–Kier alpha value is -3.68. The lowest BCUT2D eigenvalue weighted by atomic mass is 10.0. The fraction of sp³-hybridized carbons (Fsp3) is 0.238. The van der Waals surface area contributed by atoms with Crippen molar-refractivity contribution >= 4 is 35.1 Å². The van der Waals surface area contributed by atoms with Crippen molar-refractivity contribution in [2.75, 3.05) is 24.9 Å². The first-order valence-corrected chi connectivity index (χ1v) is 8.89. The summed E-state index contributed by atoms with van der Waals surface area (Å²) in [6.45, 7) is 0. The predicted octanol–water partition coefficient (Wildman–Crippen LogP) is 2.62. The number of methoxy groups -OCH3 is 2. The molecule has 2 aromatic carbocycles. The second-order valence-electron chi connectivity index (χ2n) is 6.63. The van der Waals surface area contributed by atoms with Gasteiger partial charge in [-0.25, -0.2) is 9.59 Å². The molecule has 0 bridgehead atoms. The Bertz CT molecular complexity index is 871. The van der Waals surface area contributed by atoms with Gasteiger partial charge in [0.2, 0.25) is 11.8 Å². The third-order valence-electron chi connectivity index (χ3n) is 4.75. The van der Waals surface area contributed by atoms with E-state index in [2.05, 4.69) is 20.1 Å². The summed E-state index contributed by atoms with van der Waals surface area (Å²) in [6, 6.07) is 12.4. The van der Waals surface area contributed by atoms with Crippen LogP contribution in [0.15, 0.2) is 48.5 Å². The summed E-state index contributed by atoms with van der Waals surface area (Å²) in [5.41, 5.74) is 0.537. The van der Waals surface area contributed by atoms with E-state index in [0.717, 1.165) is 0 Å². The molecule has 0 saturated heterocycles. The number of benzene rings is 2. The van der Waals surface area contributed by atoms with Gasteiger partial charge in [0.15, 0.2) is 0 Å². The van der Waals surface area contributed by atoms with Gasteiger partial charge in [0, 0.05) is 11.4 Å². The summed E-state index contributed by atoms with van der Waals surface area (Å²) in [5.74, 6) is -1.77. The zero-order valence-electron chi connectivity index (χ0n) is 16.0. The number of amides is 2. The van der Waals surface area contributed by atoms with Crippen LogP contribution in [-0.4, -0.2) is 38.0 Å². The molecule has 0 aromatic heterocycles. The first kappa shape index (κ1) is 20.1. The Kier molecular flexibility index (Phi) is 5.63. The van der Waals surface area contributed by atoms with Crippen molar-refractivity contribution in [1.82, 2.24) is 0 Å². The van der Waals surface area contributed by atoms with Crippen LogP contribution in [0.4, 0.5) is 11.4 Å². The van der Waals surface area contributed by atoms with E-state index in [4.69, 9.17) is 0 Å². The minimum absolute atomic E-state index is 0.361. The maximum absolute atomic E-state index is 12.7. The fourth-order valence-electron chi connectivity index (χ4n) is 2.80. The molecule has 0 spiro atoms. The van der Waals surface area contributed by atoms with Gasteiger partial charge in [0.05, 0.1) is 25.3 Å². The van der Waals surface area contributed by atoms with Crippen LogP contribution in [0.3, 0.4) is 0 Å². The Morgan fingerprint density at radius 1 is 0.690 bits per heavy atom. The highest BCUT2D eigenvalue weighted by Gasteiger charge is 2.56. The number of rotatable bonds is 6. The standard InChI is InChI=1S/C21H20N2O6/c1-28-17(24)13-3-7-15(8-4-13)22-19(26)21(11-12-21)20(27)23-16-9-5-14(6-10-16)18(25)29-2/h3-10H,11-12H2,1-2H3,(H,22,26)(H,23,27). The lowest BCUT2D eigenvalue weighted by Crippen LogP contribution is -2.35. The molecule has 0 aliphatic heterocycles. The zero-order chi connectivity index (χ0) is 21.0.